The largest absolute Gasteiger partial charge is 0.432 e. The molecule has 0 amide bonds. The van der Waals surface area contributed by atoms with Gasteiger partial charge >= 0.3 is 15.0 Å². The lowest BCUT2D eigenvalue weighted by molar-refractivity contribution is -0.121. The summed E-state index contributed by atoms with van der Waals surface area (Å²) in [4.78, 5) is 23.0. The summed E-state index contributed by atoms with van der Waals surface area (Å²) in [7, 11) is -6.48. The minimum absolute atomic E-state index is 0. The average Bonchev–Trinajstić information content (AvgIpc) is 2.78. The molecule has 2 aromatic carbocycles. The third-order valence-electron chi connectivity index (χ3n) is 6.00. The molecule has 39 heavy (non-hydrogen) atoms. The summed E-state index contributed by atoms with van der Waals surface area (Å²) in [5.41, 5.74) is -0.905. The highest BCUT2D eigenvalue weighted by atomic mass is 31.2. The highest BCUT2D eigenvalue weighted by Crippen LogP contribution is 2.56. The summed E-state index contributed by atoms with van der Waals surface area (Å²) in [6.45, 7) is 19.0. The number of nitrogens with one attached hydrogen (secondary N) is 2. The average molecular weight is 585 g/mol. The maximum atomic E-state index is 13.2. The Hall–Kier alpha value is -2.24. The van der Waals surface area contributed by atoms with Gasteiger partial charge in [-0.2, -0.15) is 0 Å². The zero-order chi connectivity index (χ0) is 30.3. The summed E-state index contributed by atoms with van der Waals surface area (Å²) in [6.07, 6.45) is 0. The van der Waals surface area contributed by atoms with E-state index in [0.29, 0.717) is 11.5 Å². The summed E-state index contributed by atoms with van der Waals surface area (Å²) in [6, 6.07) is 17.5. The lowest BCUT2D eigenvalue weighted by Crippen LogP contribution is -2.47. The quantitative estimate of drug-likeness (QED) is 0.269. The van der Waals surface area contributed by atoms with Crippen LogP contribution in [0.4, 0.5) is 0 Å². The second kappa shape index (κ2) is 13.4. The summed E-state index contributed by atoms with van der Waals surface area (Å²) in [5, 5.41) is 4.57. The van der Waals surface area contributed by atoms with Crippen LogP contribution in [0.25, 0.3) is 0 Å². The summed E-state index contributed by atoms with van der Waals surface area (Å²) < 4.78 is 37.7. The fourth-order valence-electron chi connectivity index (χ4n) is 2.74. The van der Waals surface area contributed by atoms with Crippen LogP contribution in [0.15, 0.2) is 60.7 Å². The molecule has 0 aromatic heterocycles. The number of Topliss-reactive ketones (excluding diaryl/α,β-unsaturated/α-hetero) is 2. The SMILES string of the molecule is CC(=O)C(C)(C)NP(=O)(Oc1ccccc1)C(C)(C)C.CC(=O)C(C)NP(=O)(Oc1ccccc1)C(C)(C)C.[HH].[HH]. The molecule has 0 aliphatic rings. The zero-order valence-electron chi connectivity index (χ0n) is 25.2. The summed E-state index contributed by atoms with van der Waals surface area (Å²) >= 11 is 0. The molecule has 0 bridgehead atoms. The lowest BCUT2D eigenvalue weighted by Gasteiger charge is -2.36. The molecule has 0 radical (unpaired) electrons. The molecular weight excluding hydrogens is 534 g/mol. The van der Waals surface area contributed by atoms with E-state index in [2.05, 4.69) is 10.2 Å². The highest BCUT2D eigenvalue weighted by molar-refractivity contribution is 7.59. The molecule has 0 saturated carbocycles. The van der Waals surface area contributed by atoms with E-state index in [1.54, 1.807) is 45.0 Å². The van der Waals surface area contributed by atoms with Crippen molar-refractivity contribution in [1.29, 1.82) is 0 Å². The van der Waals surface area contributed by atoms with Gasteiger partial charge in [0.2, 0.25) is 0 Å². The Bertz CT molecular complexity index is 1200. The minimum atomic E-state index is -3.27. The normalized spacial score (nSPS) is 16.0. The molecule has 8 nitrogen and oxygen atoms in total. The Labute approximate surface area is 237 Å². The number of rotatable bonds is 10. The van der Waals surface area contributed by atoms with Crippen LogP contribution in [0.3, 0.4) is 0 Å². The maximum Gasteiger partial charge on any atom is 0.322 e. The van der Waals surface area contributed by atoms with Gasteiger partial charge < -0.3 is 9.05 Å². The molecule has 0 saturated heterocycles. The fourth-order valence-corrected chi connectivity index (χ4v) is 6.53. The van der Waals surface area contributed by atoms with Crippen LogP contribution in [0.1, 0.15) is 79.0 Å². The Kier molecular flexibility index (Phi) is 12.0. The van der Waals surface area contributed by atoms with Gasteiger partial charge in [-0.15, -0.1) is 0 Å². The van der Waals surface area contributed by atoms with Crippen molar-refractivity contribution in [1.82, 2.24) is 10.2 Å². The van der Waals surface area contributed by atoms with Crippen molar-refractivity contribution in [2.75, 3.05) is 0 Å². The Morgan fingerprint density at radius 3 is 1.38 bits per heavy atom. The fraction of sp³-hybridized carbons (Fsp3) is 0.517. The lowest BCUT2D eigenvalue weighted by atomic mass is 10.0. The second-order valence-corrected chi connectivity index (χ2v) is 17.7. The van der Waals surface area contributed by atoms with Gasteiger partial charge in [0.15, 0.2) is 0 Å². The minimum Gasteiger partial charge on any atom is -0.432 e. The van der Waals surface area contributed by atoms with E-state index in [9.17, 15) is 18.7 Å². The predicted molar refractivity (Wildman–Crippen MR) is 164 cm³/mol. The van der Waals surface area contributed by atoms with E-state index in [4.69, 9.17) is 9.05 Å². The van der Waals surface area contributed by atoms with Gasteiger partial charge in [-0.25, -0.2) is 10.2 Å². The van der Waals surface area contributed by atoms with Gasteiger partial charge in [0.05, 0.1) is 21.9 Å². The molecule has 2 rings (SSSR count). The first-order valence-corrected chi connectivity index (χ1v) is 16.2. The molecule has 3 atom stereocenters. The van der Waals surface area contributed by atoms with Crippen molar-refractivity contribution in [2.45, 2.75) is 98.1 Å². The first-order valence-electron chi connectivity index (χ1n) is 12.9. The smallest absolute Gasteiger partial charge is 0.322 e. The van der Waals surface area contributed by atoms with Crippen LogP contribution in [0, 0.1) is 0 Å². The van der Waals surface area contributed by atoms with Crippen LogP contribution in [0.5, 0.6) is 11.5 Å². The van der Waals surface area contributed by atoms with Gasteiger partial charge in [0.25, 0.3) is 0 Å². The Balaban J connectivity index is 0. The van der Waals surface area contributed by atoms with E-state index in [-0.39, 0.29) is 14.4 Å². The van der Waals surface area contributed by atoms with E-state index < -0.39 is 36.9 Å². The van der Waals surface area contributed by atoms with Crippen molar-refractivity contribution < 1.29 is 30.6 Å². The van der Waals surface area contributed by atoms with Crippen molar-refractivity contribution in [2.24, 2.45) is 0 Å². The number of carbonyl (C=O) groups is 2. The molecule has 0 fully saturated rings. The van der Waals surface area contributed by atoms with Crippen LogP contribution in [0.2, 0.25) is 0 Å². The van der Waals surface area contributed by atoms with Gasteiger partial charge in [-0.05, 0) is 100 Å². The molecule has 0 heterocycles. The monoisotopic (exact) mass is 584 g/mol. The highest BCUT2D eigenvalue weighted by Gasteiger charge is 2.45. The first-order chi connectivity index (χ1) is 17.6. The van der Waals surface area contributed by atoms with Gasteiger partial charge in [-0.3, -0.25) is 18.7 Å². The number of hydrogen-bond donors (Lipinski definition) is 2. The van der Waals surface area contributed by atoms with Crippen LogP contribution < -0.4 is 19.2 Å². The number of hydrogen-bond acceptors (Lipinski definition) is 6. The third kappa shape index (κ3) is 10.3. The number of carbonyl (C=O) groups excluding carboxylic acids is 2. The molecule has 10 heteroatoms. The van der Waals surface area contributed by atoms with Crippen LogP contribution in [-0.4, -0.2) is 33.5 Å². The molecule has 0 aliphatic heterocycles. The van der Waals surface area contributed by atoms with Crippen LogP contribution in [-0.2, 0) is 18.7 Å². The molecule has 0 spiro atoms. The van der Waals surface area contributed by atoms with Crippen molar-refractivity contribution in [3.63, 3.8) is 0 Å². The van der Waals surface area contributed by atoms with E-state index in [1.165, 1.54) is 13.8 Å². The Morgan fingerprint density at radius 1 is 0.718 bits per heavy atom. The number of benzene rings is 2. The van der Waals surface area contributed by atoms with E-state index in [0.717, 1.165) is 0 Å². The maximum absolute atomic E-state index is 13.2. The zero-order valence-corrected chi connectivity index (χ0v) is 27.0. The predicted octanol–water partition coefficient (Wildman–Crippen LogP) is 8.13. The van der Waals surface area contributed by atoms with Crippen LogP contribution >= 0.6 is 15.0 Å². The standard InChI is InChI=1S/C15H24NO3P.C14H22NO3P.2H2/c1-12(17)15(5,6)16-20(18,14(2,3)4)19-13-10-8-7-9-11-13;1-11(12(2)16)15-19(17,14(3,4)5)18-13-9-7-6-8-10-13;;/h7-11H,1-6H3,(H,16,18);6-11H,1-5H3,(H,15,17);2*1H. The molecular formula is C29H50N2O6P2. The van der Waals surface area contributed by atoms with Gasteiger partial charge in [0.1, 0.15) is 23.1 Å². The number of para-hydroxylation sites is 2. The second-order valence-electron chi connectivity index (χ2n) is 12.0. The van der Waals surface area contributed by atoms with Crippen molar-refractivity contribution in [3.8, 4) is 11.5 Å². The van der Waals surface area contributed by atoms with Gasteiger partial charge in [0, 0.05) is 2.85 Å². The van der Waals surface area contributed by atoms with Crippen molar-refractivity contribution in [3.05, 3.63) is 60.7 Å². The van der Waals surface area contributed by atoms with E-state index >= 15 is 0 Å². The number of ketones is 2. The van der Waals surface area contributed by atoms with Crippen molar-refractivity contribution >= 4 is 26.6 Å². The summed E-state index contributed by atoms with van der Waals surface area (Å²) in [5.74, 6) is 0.904. The first kappa shape index (κ1) is 34.8. The molecule has 3 unspecified atom stereocenters. The third-order valence-corrected chi connectivity index (χ3v) is 12.0. The topological polar surface area (TPSA) is 111 Å². The van der Waals surface area contributed by atoms with E-state index in [1.807, 2.05) is 77.9 Å². The molecule has 0 aliphatic carbocycles. The molecule has 222 valence electrons. The van der Waals surface area contributed by atoms with Gasteiger partial charge in [-0.1, -0.05) is 36.4 Å². The molecule has 2 aromatic rings. The molecule has 2 N–H and O–H groups in total. The Morgan fingerprint density at radius 2 is 1.08 bits per heavy atom.